The molecule has 166 valence electrons. The molecular formula is C17H18N3O10P. The van der Waals surface area contributed by atoms with E-state index < -0.39 is 50.2 Å². The largest absolute Gasteiger partial charge is 0.469 e. The normalized spacial score (nSPS) is 24.1. The average molecular weight is 455 g/mol. The predicted molar refractivity (Wildman–Crippen MR) is 102 cm³/mol. The minimum Gasteiger partial charge on any atom is -0.387 e. The van der Waals surface area contributed by atoms with E-state index in [-0.39, 0.29) is 6.54 Å². The van der Waals surface area contributed by atoms with Crippen LogP contribution in [0, 0.1) is 0 Å². The van der Waals surface area contributed by atoms with Crippen molar-refractivity contribution in [2.45, 2.75) is 31.1 Å². The minimum atomic E-state index is -4.84. The first-order valence-electron chi connectivity index (χ1n) is 9.02. The Morgan fingerprint density at radius 3 is 2.61 bits per heavy atom. The molecule has 13 nitrogen and oxygen atoms in total. The Labute approximate surface area is 172 Å². The molecule has 1 saturated heterocycles. The van der Waals surface area contributed by atoms with Crippen molar-refractivity contribution in [1.29, 1.82) is 0 Å². The summed E-state index contributed by atoms with van der Waals surface area (Å²) in [5.74, 6) is 0. The van der Waals surface area contributed by atoms with Gasteiger partial charge in [0.1, 0.15) is 24.0 Å². The number of para-hydroxylation sites is 1. The molecule has 1 fully saturated rings. The van der Waals surface area contributed by atoms with Crippen LogP contribution >= 0.6 is 7.82 Å². The number of fused-ring (bicyclic) bond motifs is 1. The summed E-state index contributed by atoms with van der Waals surface area (Å²) in [5.41, 5.74) is -0.670. The number of phosphoric ester groups is 1. The summed E-state index contributed by atoms with van der Waals surface area (Å²) in [6, 6.07) is 7.97. The van der Waals surface area contributed by atoms with E-state index in [1.165, 1.54) is 0 Å². The topological polar surface area (TPSA) is 186 Å². The van der Waals surface area contributed by atoms with Gasteiger partial charge >= 0.3 is 13.5 Å². The highest BCUT2D eigenvalue weighted by molar-refractivity contribution is 7.46. The van der Waals surface area contributed by atoms with E-state index in [9.17, 15) is 24.4 Å². The molecule has 4 atom stereocenters. The molecule has 0 radical (unpaired) electrons. The van der Waals surface area contributed by atoms with Gasteiger partial charge in [-0.1, -0.05) is 17.3 Å². The predicted octanol–water partition coefficient (Wildman–Crippen LogP) is -1.07. The lowest BCUT2D eigenvalue weighted by molar-refractivity contribution is -0.0548. The Morgan fingerprint density at radius 2 is 1.87 bits per heavy atom. The fourth-order valence-electron chi connectivity index (χ4n) is 3.34. The highest BCUT2D eigenvalue weighted by atomic mass is 31.2. The maximum absolute atomic E-state index is 13.0. The molecule has 4 N–H and O–H groups in total. The molecule has 14 heteroatoms. The van der Waals surface area contributed by atoms with Crippen molar-refractivity contribution in [2.24, 2.45) is 0 Å². The van der Waals surface area contributed by atoms with Crippen LogP contribution < -0.4 is 11.2 Å². The molecule has 0 unspecified atom stereocenters. The zero-order chi connectivity index (χ0) is 22.3. The third-order valence-corrected chi connectivity index (χ3v) is 5.36. The maximum atomic E-state index is 13.0. The number of hydrogen-bond donors (Lipinski definition) is 4. The molecule has 31 heavy (non-hydrogen) atoms. The lowest BCUT2D eigenvalue weighted by Crippen LogP contribution is -2.43. The Kier molecular flexibility index (Phi) is 5.66. The summed E-state index contributed by atoms with van der Waals surface area (Å²) in [4.78, 5) is 42.9. The van der Waals surface area contributed by atoms with Crippen molar-refractivity contribution in [3.8, 4) is 0 Å². The number of rotatable bonds is 6. The molecule has 1 aromatic carbocycles. The van der Waals surface area contributed by atoms with Gasteiger partial charge in [0.15, 0.2) is 11.8 Å². The maximum Gasteiger partial charge on any atom is 0.469 e. The summed E-state index contributed by atoms with van der Waals surface area (Å²) >= 11 is 0. The number of phosphoric acid groups is 1. The van der Waals surface area contributed by atoms with E-state index in [1.54, 1.807) is 24.3 Å². The molecule has 3 heterocycles. The highest BCUT2D eigenvalue weighted by Crippen LogP contribution is 2.38. The Morgan fingerprint density at radius 1 is 1.13 bits per heavy atom. The Bertz CT molecular complexity index is 1260. The van der Waals surface area contributed by atoms with Crippen LogP contribution in [0.3, 0.4) is 0 Å². The van der Waals surface area contributed by atoms with Crippen LogP contribution in [0.2, 0.25) is 0 Å². The standard InChI is InChI=1S/C17H18N3O10P/c21-13-5-6-19(16-15(23)14(22)12(29-16)8-28-31(25,26)27)17(24)20(13)7-10-9-3-1-2-4-11(9)30-18-10/h1-6,12,14-16,22-23H,7-8H2,(H2,25,26,27)/t12-,14+,15+,16-/m1/s1. The number of ether oxygens (including phenoxy) is 1. The van der Waals surface area contributed by atoms with Crippen LogP contribution in [0.15, 0.2) is 50.6 Å². The second-order valence-corrected chi connectivity index (χ2v) is 8.13. The van der Waals surface area contributed by atoms with Crippen LogP contribution in [-0.4, -0.2) is 59.2 Å². The monoisotopic (exact) mass is 455 g/mol. The van der Waals surface area contributed by atoms with Crippen LogP contribution in [-0.2, 0) is 20.4 Å². The Hall–Kier alpha value is -2.64. The number of benzene rings is 1. The van der Waals surface area contributed by atoms with E-state index in [4.69, 9.17) is 19.0 Å². The van der Waals surface area contributed by atoms with Gasteiger partial charge in [0.05, 0.1) is 13.2 Å². The van der Waals surface area contributed by atoms with E-state index in [2.05, 4.69) is 9.68 Å². The molecule has 1 aliphatic heterocycles. The van der Waals surface area contributed by atoms with Gasteiger partial charge in [-0.3, -0.25) is 18.5 Å². The van der Waals surface area contributed by atoms with Crippen molar-refractivity contribution >= 4 is 18.8 Å². The number of aromatic nitrogens is 3. The summed E-state index contributed by atoms with van der Waals surface area (Å²) in [7, 11) is -4.84. The number of nitrogens with zero attached hydrogens (tertiary/aromatic N) is 3. The number of aliphatic hydroxyl groups excluding tert-OH is 2. The SMILES string of the molecule is O=c1ccn([C@@H]2O[C@H](COP(=O)(O)O)[C@H](O)[C@@H]2O)c(=O)n1Cc1noc2ccccc12. The highest BCUT2D eigenvalue weighted by Gasteiger charge is 2.45. The second-order valence-electron chi connectivity index (χ2n) is 6.89. The summed E-state index contributed by atoms with van der Waals surface area (Å²) in [5, 5.41) is 24.9. The van der Waals surface area contributed by atoms with E-state index >= 15 is 0 Å². The van der Waals surface area contributed by atoms with Gasteiger partial charge < -0.3 is 29.3 Å². The molecule has 2 aromatic heterocycles. The van der Waals surface area contributed by atoms with E-state index in [0.717, 1.165) is 21.4 Å². The third kappa shape index (κ3) is 4.25. The van der Waals surface area contributed by atoms with Gasteiger partial charge in [0.25, 0.3) is 5.56 Å². The first-order valence-corrected chi connectivity index (χ1v) is 10.6. The molecule has 0 spiro atoms. The molecule has 1 aliphatic rings. The van der Waals surface area contributed by atoms with Gasteiger partial charge in [-0.05, 0) is 12.1 Å². The molecule has 0 aliphatic carbocycles. The van der Waals surface area contributed by atoms with Crippen LogP contribution in [0.25, 0.3) is 11.0 Å². The molecule has 0 bridgehead atoms. The molecular weight excluding hydrogens is 437 g/mol. The van der Waals surface area contributed by atoms with Crippen LogP contribution in [0.1, 0.15) is 11.9 Å². The summed E-state index contributed by atoms with van der Waals surface area (Å²) < 4.78 is 27.5. The summed E-state index contributed by atoms with van der Waals surface area (Å²) in [6.45, 7) is -0.941. The van der Waals surface area contributed by atoms with Crippen LogP contribution in [0.5, 0.6) is 0 Å². The van der Waals surface area contributed by atoms with Crippen molar-refractivity contribution < 1.29 is 38.3 Å². The molecule has 4 rings (SSSR count). The van der Waals surface area contributed by atoms with Crippen molar-refractivity contribution in [3.05, 3.63) is 63.1 Å². The zero-order valence-electron chi connectivity index (χ0n) is 15.7. The third-order valence-electron chi connectivity index (χ3n) is 4.87. The Balaban J connectivity index is 1.64. The van der Waals surface area contributed by atoms with Gasteiger partial charge in [-0.25, -0.2) is 9.36 Å². The smallest absolute Gasteiger partial charge is 0.387 e. The first-order chi connectivity index (χ1) is 14.7. The van der Waals surface area contributed by atoms with Crippen molar-refractivity contribution in [1.82, 2.24) is 14.3 Å². The lowest BCUT2D eigenvalue weighted by atomic mass is 10.1. The fraction of sp³-hybridized carbons (Fsp3) is 0.353. The van der Waals surface area contributed by atoms with E-state index in [0.29, 0.717) is 16.7 Å². The van der Waals surface area contributed by atoms with Crippen molar-refractivity contribution in [3.63, 3.8) is 0 Å². The van der Waals surface area contributed by atoms with Crippen LogP contribution in [0.4, 0.5) is 0 Å². The molecule has 0 saturated carbocycles. The van der Waals surface area contributed by atoms with Crippen molar-refractivity contribution in [2.75, 3.05) is 6.61 Å². The van der Waals surface area contributed by atoms with Gasteiger partial charge in [-0.2, -0.15) is 0 Å². The zero-order valence-corrected chi connectivity index (χ0v) is 16.6. The molecule has 3 aromatic rings. The molecule has 0 amide bonds. The van der Waals surface area contributed by atoms with Gasteiger partial charge in [-0.15, -0.1) is 0 Å². The number of hydrogen-bond acceptors (Lipinski definition) is 9. The lowest BCUT2D eigenvalue weighted by Gasteiger charge is -2.18. The second kappa shape index (κ2) is 8.13. The number of aliphatic hydroxyl groups is 2. The average Bonchev–Trinajstić information content (AvgIpc) is 3.25. The summed E-state index contributed by atoms with van der Waals surface area (Å²) in [6.07, 6.45) is -4.87. The fourth-order valence-corrected chi connectivity index (χ4v) is 3.68. The quantitative estimate of drug-likeness (QED) is 0.332. The van der Waals surface area contributed by atoms with Gasteiger partial charge in [0, 0.05) is 17.6 Å². The first kappa shape index (κ1) is 21.6. The van der Waals surface area contributed by atoms with Gasteiger partial charge in [0.2, 0.25) is 0 Å². The van der Waals surface area contributed by atoms with E-state index in [1.807, 2.05) is 0 Å². The minimum absolute atomic E-state index is 0.217.